The van der Waals surface area contributed by atoms with Gasteiger partial charge in [-0.2, -0.15) is 12.7 Å². The van der Waals surface area contributed by atoms with E-state index in [0.29, 0.717) is 11.1 Å². The second-order valence-electron chi connectivity index (χ2n) is 4.38. The highest BCUT2D eigenvalue weighted by Crippen LogP contribution is 2.25. The summed E-state index contributed by atoms with van der Waals surface area (Å²) < 4.78 is 31.4. The molecule has 1 aliphatic rings. The number of carboxylic acids is 1. The van der Waals surface area contributed by atoms with E-state index in [1.807, 2.05) is 0 Å². The van der Waals surface area contributed by atoms with Crippen molar-refractivity contribution in [2.45, 2.75) is 20.0 Å². The molecule has 1 aromatic carbocycles. The molecule has 0 spiro atoms. The van der Waals surface area contributed by atoms with E-state index in [1.165, 1.54) is 12.1 Å². The fourth-order valence-corrected chi connectivity index (χ4v) is 3.01. The van der Waals surface area contributed by atoms with Crippen molar-refractivity contribution < 1.29 is 27.9 Å². The van der Waals surface area contributed by atoms with Crippen LogP contribution in [0.2, 0.25) is 0 Å². The summed E-state index contributed by atoms with van der Waals surface area (Å²) >= 11 is 0. The molecule has 1 amide bonds. The predicted octanol–water partition coefficient (Wildman–Crippen LogP) is 0.691. The van der Waals surface area contributed by atoms with Crippen molar-refractivity contribution in [1.29, 1.82) is 0 Å². The van der Waals surface area contributed by atoms with Gasteiger partial charge in [0.2, 0.25) is 0 Å². The minimum atomic E-state index is -4.02. The molecule has 0 aliphatic carbocycles. The number of ether oxygens (including phenoxy) is 1. The molecule has 21 heavy (non-hydrogen) atoms. The number of amides is 1. The lowest BCUT2D eigenvalue weighted by Gasteiger charge is -2.15. The standard InChI is InChI=1S/C12H14N2O6S/c1-2-20-12(17)13-21(18,19)14-6-9-4-3-8(11(15)16)5-10(9)7-14/h3-5H,2,6-7H2,1H3,(H,13,17)(H,15,16). The van der Waals surface area contributed by atoms with Gasteiger partial charge in [-0.25, -0.2) is 14.3 Å². The Morgan fingerprint density at radius 1 is 1.33 bits per heavy atom. The Kier molecular flexibility index (Phi) is 4.14. The van der Waals surface area contributed by atoms with Gasteiger partial charge in [0.1, 0.15) is 0 Å². The zero-order chi connectivity index (χ0) is 15.6. The van der Waals surface area contributed by atoms with Gasteiger partial charge >= 0.3 is 22.3 Å². The third-order valence-electron chi connectivity index (χ3n) is 2.97. The number of nitrogens with one attached hydrogen (secondary N) is 1. The maximum atomic E-state index is 12.0. The van der Waals surface area contributed by atoms with Crippen LogP contribution in [0.5, 0.6) is 0 Å². The molecular formula is C12H14N2O6S. The van der Waals surface area contributed by atoms with Crippen molar-refractivity contribution >= 4 is 22.3 Å². The van der Waals surface area contributed by atoms with E-state index in [2.05, 4.69) is 4.74 Å². The van der Waals surface area contributed by atoms with Gasteiger partial charge in [0.25, 0.3) is 0 Å². The molecular weight excluding hydrogens is 300 g/mol. The largest absolute Gasteiger partial charge is 0.478 e. The summed E-state index contributed by atoms with van der Waals surface area (Å²) in [4.78, 5) is 22.1. The smallest absolute Gasteiger partial charge is 0.421 e. The molecule has 1 aromatic rings. The van der Waals surface area contributed by atoms with Gasteiger partial charge in [-0.05, 0) is 30.2 Å². The number of aromatic carboxylic acids is 1. The van der Waals surface area contributed by atoms with Gasteiger partial charge in [0.05, 0.1) is 12.2 Å². The number of hydrogen-bond acceptors (Lipinski definition) is 5. The molecule has 8 nitrogen and oxygen atoms in total. The minimum absolute atomic E-state index is 0.00515. The van der Waals surface area contributed by atoms with Gasteiger partial charge in [0, 0.05) is 13.1 Å². The summed E-state index contributed by atoms with van der Waals surface area (Å²) in [6.45, 7) is 1.70. The number of nitrogens with zero attached hydrogens (tertiary/aromatic N) is 1. The lowest BCUT2D eigenvalue weighted by Crippen LogP contribution is -2.41. The van der Waals surface area contributed by atoms with E-state index < -0.39 is 22.3 Å². The Morgan fingerprint density at radius 2 is 2.00 bits per heavy atom. The Balaban J connectivity index is 2.15. The highest BCUT2D eigenvalue weighted by Gasteiger charge is 2.31. The third kappa shape index (κ3) is 3.31. The average Bonchev–Trinajstić information content (AvgIpc) is 2.81. The first kappa shape index (κ1) is 15.3. The van der Waals surface area contributed by atoms with Gasteiger partial charge in [-0.3, -0.25) is 0 Å². The lowest BCUT2D eigenvalue weighted by molar-refractivity contribution is 0.0696. The normalized spacial score (nSPS) is 14.5. The van der Waals surface area contributed by atoms with Crippen LogP contribution in [-0.4, -0.2) is 36.5 Å². The maximum absolute atomic E-state index is 12.0. The number of fused-ring (bicyclic) bond motifs is 1. The number of benzene rings is 1. The van der Waals surface area contributed by atoms with E-state index in [9.17, 15) is 18.0 Å². The molecule has 0 fully saturated rings. The predicted molar refractivity (Wildman–Crippen MR) is 71.7 cm³/mol. The van der Waals surface area contributed by atoms with E-state index in [-0.39, 0.29) is 25.3 Å². The van der Waals surface area contributed by atoms with Gasteiger partial charge < -0.3 is 9.84 Å². The van der Waals surface area contributed by atoms with E-state index in [4.69, 9.17) is 5.11 Å². The number of carbonyl (C=O) groups excluding carboxylic acids is 1. The lowest BCUT2D eigenvalue weighted by atomic mass is 10.1. The zero-order valence-electron chi connectivity index (χ0n) is 11.2. The molecule has 1 aliphatic heterocycles. The molecule has 2 N–H and O–H groups in total. The number of carbonyl (C=O) groups is 2. The SMILES string of the molecule is CCOC(=O)NS(=O)(=O)N1Cc2ccc(C(=O)O)cc2C1. The van der Waals surface area contributed by atoms with Crippen LogP contribution in [0, 0.1) is 0 Å². The van der Waals surface area contributed by atoms with Crippen molar-refractivity contribution in [3.8, 4) is 0 Å². The fraction of sp³-hybridized carbons (Fsp3) is 0.333. The van der Waals surface area contributed by atoms with Crippen LogP contribution in [0.4, 0.5) is 4.79 Å². The molecule has 114 valence electrons. The third-order valence-corrected chi connectivity index (χ3v) is 4.34. The number of carboxylic acid groups (broad SMARTS) is 1. The summed E-state index contributed by atoms with van der Waals surface area (Å²) in [7, 11) is -4.02. The van der Waals surface area contributed by atoms with Crippen molar-refractivity contribution in [1.82, 2.24) is 9.03 Å². The molecule has 0 unspecified atom stereocenters. The van der Waals surface area contributed by atoms with Crippen molar-refractivity contribution in [2.24, 2.45) is 0 Å². The van der Waals surface area contributed by atoms with E-state index >= 15 is 0 Å². The van der Waals surface area contributed by atoms with Gasteiger partial charge in [-0.15, -0.1) is 0 Å². The van der Waals surface area contributed by atoms with Crippen molar-refractivity contribution in [3.63, 3.8) is 0 Å². The Hall–Kier alpha value is -2.13. The van der Waals surface area contributed by atoms with Crippen LogP contribution in [0.1, 0.15) is 28.4 Å². The molecule has 0 atom stereocenters. The molecule has 1 heterocycles. The van der Waals surface area contributed by atoms with Gasteiger partial charge in [0.15, 0.2) is 0 Å². The van der Waals surface area contributed by atoms with Crippen LogP contribution in [0.3, 0.4) is 0 Å². The summed E-state index contributed by atoms with van der Waals surface area (Å²) in [5.74, 6) is -1.08. The van der Waals surface area contributed by atoms with Crippen molar-refractivity contribution in [2.75, 3.05) is 6.61 Å². The minimum Gasteiger partial charge on any atom is -0.478 e. The Labute approximate surface area is 121 Å². The highest BCUT2D eigenvalue weighted by molar-refractivity contribution is 7.87. The monoisotopic (exact) mass is 314 g/mol. The Morgan fingerprint density at radius 3 is 2.62 bits per heavy atom. The first-order chi connectivity index (χ1) is 9.83. The summed E-state index contributed by atoms with van der Waals surface area (Å²) in [6, 6.07) is 4.41. The van der Waals surface area contributed by atoms with Crippen LogP contribution in [0.25, 0.3) is 0 Å². The van der Waals surface area contributed by atoms with Crippen LogP contribution in [-0.2, 0) is 28.0 Å². The quantitative estimate of drug-likeness (QED) is 0.845. The molecule has 2 rings (SSSR count). The molecule has 0 bridgehead atoms. The molecule has 0 aromatic heterocycles. The van der Waals surface area contributed by atoms with Gasteiger partial charge in [-0.1, -0.05) is 6.07 Å². The maximum Gasteiger partial charge on any atom is 0.421 e. The van der Waals surface area contributed by atoms with E-state index in [1.54, 1.807) is 17.7 Å². The second-order valence-corrected chi connectivity index (χ2v) is 6.05. The zero-order valence-corrected chi connectivity index (χ0v) is 12.0. The summed E-state index contributed by atoms with van der Waals surface area (Å²) in [5, 5.41) is 8.91. The first-order valence-electron chi connectivity index (χ1n) is 6.13. The summed E-state index contributed by atoms with van der Waals surface area (Å²) in [5.41, 5.74) is 1.39. The molecule has 0 saturated heterocycles. The molecule has 0 radical (unpaired) electrons. The van der Waals surface area contributed by atoms with Crippen LogP contribution >= 0.6 is 0 Å². The fourth-order valence-electron chi connectivity index (χ4n) is 2.00. The van der Waals surface area contributed by atoms with Crippen molar-refractivity contribution in [3.05, 3.63) is 34.9 Å². The second kappa shape index (κ2) is 5.70. The average molecular weight is 314 g/mol. The topological polar surface area (TPSA) is 113 Å². The first-order valence-corrected chi connectivity index (χ1v) is 7.57. The van der Waals surface area contributed by atoms with E-state index in [0.717, 1.165) is 4.31 Å². The molecule has 9 heteroatoms. The van der Waals surface area contributed by atoms with Crippen LogP contribution in [0.15, 0.2) is 18.2 Å². The number of rotatable bonds is 4. The number of hydrogen-bond donors (Lipinski definition) is 2. The molecule has 0 saturated carbocycles. The Bertz CT molecular complexity index is 685. The highest BCUT2D eigenvalue weighted by atomic mass is 32.2. The van der Waals surface area contributed by atoms with Crippen LogP contribution < -0.4 is 4.72 Å². The summed E-state index contributed by atoms with van der Waals surface area (Å²) in [6.07, 6.45) is -1.04.